The van der Waals surface area contributed by atoms with Crippen LogP contribution in [0.4, 0.5) is 0 Å². The second-order valence-corrected chi connectivity index (χ2v) is 4.63. The number of nitrogens with two attached hydrogens (primary N) is 1. The van der Waals surface area contributed by atoms with Crippen LogP contribution in [0.25, 0.3) is 11.2 Å². The van der Waals surface area contributed by atoms with Crippen molar-refractivity contribution in [2.75, 3.05) is 13.7 Å². The highest BCUT2D eigenvalue weighted by molar-refractivity contribution is 5.70. The van der Waals surface area contributed by atoms with Gasteiger partial charge in [0.1, 0.15) is 12.4 Å². The molecule has 0 bridgehead atoms. The first kappa shape index (κ1) is 14.5. The SMILES string of the molecule is COCc1nc2c(c(=O)n(CCCN)c(=O)n2C)n1C. The molecule has 0 radical (unpaired) electrons. The molecule has 8 nitrogen and oxygen atoms in total. The minimum absolute atomic E-state index is 0.279. The third-order valence-electron chi connectivity index (χ3n) is 3.31. The monoisotopic (exact) mass is 281 g/mol. The van der Waals surface area contributed by atoms with Crippen LogP contribution in [-0.2, 0) is 32.0 Å². The number of ether oxygens (including phenoxy) is 1. The molecule has 8 heteroatoms. The lowest BCUT2D eigenvalue weighted by atomic mass is 10.4. The zero-order chi connectivity index (χ0) is 14.9. The van der Waals surface area contributed by atoms with Crippen LogP contribution in [0.5, 0.6) is 0 Å². The van der Waals surface area contributed by atoms with E-state index in [0.717, 1.165) is 0 Å². The van der Waals surface area contributed by atoms with Gasteiger partial charge in [-0.3, -0.25) is 13.9 Å². The molecule has 0 aliphatic heterocycles. The fraction of sp³-hybridized carbons (Fsp3) is 0.583. The van der Waals surface area contributed by atoms with Crippen molar-refractivity contribution in [2.24, 2.45) is 19.8 Å². The van der Waals surface area contributed by atoms with E-state index in [2.05, 4.69) is 4.98 Å². The molecule has 0 spiro atoms. The lowest BCUT2D eigenvalue weighted by Gasteiger charge is -2.07. The van der Waals surface area contributed by atoms with Crippen LogP contribution in [0.15, 0.2) is 9.59 Å². The highest BCUT2D eigenvalue weighted by Gasteiger charge is 2.17. The van der Waals surface area contributed by atoms with E-state index < -0.39 is 0 Å². The second-order valence-electron chi connectivity index (χ2n) is 4.63. The Labute approximate surface area is 115 Å². The van der Waals surface area contributed by atoms with Gasteiger partial charge in [0.25, 0.3) is 5.56 Å². The molecule has 0 aliphatic carbocycles. The Bertz CT molecular complexity index is 740. The van der Waals surface area contributed by atoms with Crippen LogP contribution < -0.4 is 17.0 Å². The van der Waals surface area contributed by atoms with Crippen molar-refractivity contribution < 1.29 is 4.74 Å². The highest BCUT2D eigenvalue weighted by atomic mass is 16.5. The number of methoxy groups -OCH3 is 1. The molecule has 0 saturated heterocycles. The predicted molar refractivity (Wildman–Crippen MR) is 74.6 cm³/mol. The standard InChI is InChI=1S/C12H19N5O3/c1-15-8(7-20-3)14-10-9(15)11(18)17(6-4-5-13)12(19)16(10)2/h4-7,13H2,1-3H3. The fourth-order valence-electron chi connectivity index (χ4n) is 2.19. The van der Waals surface area contributed by atoms with Crippen LogP contribution >= 0.6 is 0 Å². The van der Waals surface area contributed by atoms with Crippen LogP contribution in [0.3, 0.4) is 0 Å². The Morgan fingerprint density at radius 3 is 2.55 bits per heavy atom. The van der Waals surface area contributed by atoms with E-state index in [1.54, 1.807) is 25.8 Å². The third kappa shape index (κ3) is 2.16. The molecular formula is C12H19N5O3. The van der Waals surface area contributed by atoms with E-state index in [-0.39, 0.29) is 17.9 Å². The van der Waals surface area contributed by atoms with E-state index in [1.165, 1.54) is 9.13 Å². The molecule has 0 saturated carbocycles. The molecule has 110 valence electrons. The molecule has 2 aromatic rings. The summed E-state index contributed by atoms with van der Waals surface area (Å²) in [6, 6.07) is 0. The van der Waals surface area contributed by atoms with E-state index in [4.69, 9.17) is 10.5 Å². The molecule has 2 aromatic heterocycles. The van der Waals surface area contributed by atoms with Crippen LogP contribution in [0.1, 0.15) is 12.2 Å². The van der Waals surface area contributed by atoms with Gasteiger partial charge in [0.15, 0.2) is 11.2 Å². The van der Waals surface area contributed by atoms with Crippen molar-refractivity contribution >= 4 is 11.2 Å². The largest absolute Gasteiger partial charge is 0.377 e. The quantitative estimate of drug-likeness (QED) is 0.752. The number of hydrogen-bond donors (Lipinski definition) is 1. The van der Waals surface area contributed by atoms with E-state index >= 15 is 0 Å². The third-order valence-corrected chi connectivity index (χ3v) is 3.31. The Morgan fingerprint density at radius 2 is 1.95 bits per heavy atom. The summed E-state index contributed by atoms with van der Waals surface area (Å²) >= 11 is 0. The van der Waals surface area contributed by atoms with E-state index in [0.29, 0.717) is 36.5 Å². The van der Waals surface area contributed by atoms with Gasteiger partial charge in [0.2, 0.25) is 0 Å². The first-order chi connectivity index (χ1) is 9.52. The summed E-state index contributed by atoms with van der Waals surface area (Å²) in [6.07, 6.45) is 0.573. The van der Waals surface area contributed by atoms with Crippen LogP contribution in [0, 0.1) is 0 Å². The Balaban J connectivity index is 2.77. The maximum atomic E-state index is 12.5. The minimum Gasteiger partial charge on any atom is -0.377 e. The molecule has 2 heterocycles. The van der Waals surface area contributed by atoms with Crippen LogP contribution in [-0.4, -0.2) is 32.3 Å². The highest BCUT2D eigenvalue weighted by Crippen LogP contribution is 2.09. The molecule has 2 rings (SSSR count). The normalized spacial score (nSPS) is 11.4. The summed E-state index contributed by atoms with van der Waals surface area (Å²) in [5.41, 5.74) is 5.50. The molecule has 0 aliphatic rings. The van der Waals surface area contributed by atoms with Crippen molar-refractivity contribution in [3.63, 3.8) is 0 Å². The smallest absolute Gasteiger partial charge is 0.332 e. The lowest BCUT2D eigenvalue weighted by molar-refractivity contribution is 0.175. The average molecular weight is 281 g/mol. The first-order valence-electron chi connectivity index (χ1n) is 6.37. The maximum absolute atomic E-state index is 12.5. The molecule has 20 heavy (non-hydrogen) atoms. The Morgan fingerprint density at radius 1 is 1.25 bits per heavy atom. The van der Waals surface area contributed by atoms with Gasteiger partial charge in [0.05, 0.1) is 0 Å². The van der Waals surface area contributed by atoms with Crippen molar-refractivity contribution in [3.8, 4) is 0 Å². The number of aryl methyl sites for hydroxylation is 2. The summed E-state index contributed by atoms with van der Waals surface area (Å²) in [6.45, 7) is 1.01. The van der Waals surface area contributed by atoms with Gasteiger partial charge in [0, 0.05) is 27.7 Å². The Kier molecular flexibility index (Phi) is 4.05. The number of imidazole rings is 1. The molecule has 0 atom stereocenters. The molecule has 0 fully saturated rings. The van der Waals surface area contributed by atoms with Gasteiger partial charge >= 0.3 is 5.69 Å². The number of rotatable bonds is 5. The van der Waals surface area contributed by atoms with Crippen LogP contribution in [0.2, 0.25) is 0 Å². The Hall–Kier alpha value is -1.93. The van der Waals surface area contributed by atoms with Gasteiger partial charge in [-0.1, -0.05) is 0 Å². The number of hydrogen-bond acceptors (Lipinski definition) is 5. The number of nitrogens with zero attached hydrogens (tertiary/aromatic N) is 4. The summed E-state index contributed by atoms with van der Waals surface area (Å²) in [7, 11) is 4.90. The van der Waals surface area contributed by atoms with Gasteiger partial charge in [-0.15, -0.1) is 0 Å². The van der Waals surface area contributed by atoms with Gasteiger partial charge in [-0.25, -0.2) is 9.78 Å². The molecule has 2 N–H and O–H groups in total. The number of fused-ring (bicyclic) bond motifs is 1. The maximum Gasteiger partial charge on any atom is 0.332 e. The van der Waals surface area contributed by atoms with Gasteiger partial charge < -0.3 is 15.0 Å². The predicted octanol–water partition coefficient (Wildman–Crippen LogP) is -1.07. The van der Waals surface area contributed by atoms with Crippen molar-refractivity contribution in [1.29, 1.82) is 0 Å². The topological polar surface area (TPSA) is 97.1 Å². The second kappa shape index (κ2) is 5.59. The van der Waals surface area contributed by atoms with Gasteiger partial charge in [-0.2, -0.15) is 0 Å². The number of aromatic nitrogens is 4. The lowest BCUT2D eigenvalue weighted by Crippen LogP contribution is -2.40. The fourth-order valence-corrected chi connectivity index (χ4v) is 2.19. The molecule has 0 unspecified atom stereocenters. The molecule has 0 amide bonds. The zero-order valence-electron chi connectivity index (χ0n) is 11.9. The summed E-state index contributed by atoms with van der Waals surface area (Å²) in [5, 5.41) is 0. The summed E-state index contributed by atoms with van der Waals surface area (Å²) in [4.78, 5) is 29.0. The van der Waals surface area contributed by atoms with E-state index in [9.17, 15) is 9.59 Å². The summed E-state index contributed by atoms with van der Waals surface area (Å²) < 4.78 is 9.30. The van der Waals surface area contributed by atoms with Gasteiger partial charge in [-0.05, 0) is 13.0 Å². The molecule has 0 aromatic carbocycles. The molecular weight excluding hydrogens is 262 g/mol. The van der Waals surface area contributed by atoms with Crippen molar-refractivity contribution in [1.82, 2.24) is 18.7 Å². The summed E-state index contributed by atoms with van der Waals surface area (Å²) in [5.74, 6) is 0.603. The van der Waals surface area contributed by atoms with Crippen molar-refractivity contribution in [3.05, 3.63) is 26.7 Å². The average Bonchev–Trinajstić information content (AvgIpc) is 2.75. The zero-order valence-corrected chi connectivity index (χ0v) is 11.9. The van der Waals surface area contributed by atoms with E-state index in [1.807, 2.05) is 0 Å². The first-order valence-corrected chi connectivity index (χ1v) is 6.37. The van der Waals surface area contributed by atoms with Crippen molar-refractivity contribution in [2.45, 2.75) is 19.6 Å². The minimum atomic E-state index is -0.377.